The minimum atomic E-state index is 0.643. The summed E-state index contributed by atoms with van der Waals surface area (Å²) in [5, 5.41) is 6.95. The van der Waals surface area contributed by atoms with E-state index in [0.717, 1.165) is 60.3 Å². The lowest BCUT2D eigenvalue weighted by atomic mass is 10.1. The minimum absolute atomic E-state index is 0.643. The maximum absolute atomic E-state index is 4.74. The van der Waals surface area contributed by atoms with Crippen molar-refractivity contribution in [3.05, 3.63) is 140 Å². The summed E-state index contributed by atoms with van der Waals surface area (Å²) < 4.78 is 6.80. The third kappa shape index (κ3) is 3.24. The molecule has 10 aromatic rings. The molecule has 0 aliphatic heterocycles. The zero-order valence-electron chi connectivity index (χ0n) is 23.9. The summed E-state index contributed by atoms with van der Waals surface area (Å²) in [6, 6.07) is 40.4. The van der Waals surface area contributed by atoms with Gasteiger partial charge in [-0.25, -0.2) is 19.9 Å². The van der Waals surface area contributed by atoms with Crippen LogP contribution in [-0.4, -0.2) is 33.6 Å². The van der Waals surface area contributed by atoms with Gasteiger partial charge in [0.15, 0.2) is 0 Å². The van der Waals surface area contributed by atoms with E-state index < -0.39 is 0 Å². The second-order valence-electron chi connectivity index (χ2n) is 11.2. The lowest BCUT2D eigenvalue weighted by Gasteiger charge is -2.13. The molecule has 0 saturated carbocycles. The van der Waals surface area contributed by atoms with E-state index in [9.17, 15) is 0 Å². The predicted molar refractivity (Wildman–Crippen MR) is 181 cm³/mol. The molecular formula is C38H23N7. The van der Waals surface area contributed by atoms with Gasteiger partial charge in [-0.05, 0) is 42.5 Å². The number of nitrogens with zero attached hydrogens (tertiary/aromatic N) is 7. The molecule has 0 radical (unpaired) electrons. The fourth-order valence-electron chi connectivity index (χ4n) is 7.17. The first-order valence-electron chi connectivity index (χ1n) is 14.9. The molecule has 0 bridgehead atoms. The van der Waals surface area contributed by atoms with Crippen molar-refractivity contribution in [2.45, 2.75) is 0 Å². The van der Waals surface area contributed by atoms with E-state index in [1.165, 1.54) is 10.8 Å². The Hall–Kier alpha value is -6.34. The van der Waals surface area contributed by atoms with Crippen molar-refractivity contribution < 1.29 is 0 Å². The van der Waals surface area contributed by atoms with Crippen molar-refractivity contribution in [2.24, 2.45) is 0 Å². The normalized spacial score (nSPS) is 12.0. The molecule has 210 valence electrons. The molecule has 0 aliphatic carbocycles. The predicted octanol–water partition coefficient (Wildman–Crippen LogP) is 8.56. The lowest BCUT2D eigenvalue weighted by molar-refractivity contribution is 0.986. The Kier molecular flexibility index (Phi) is 4.87. The average molecular weight is 578 g/mol. The second-order valence-corrected chi connectivity index (χ2v) is 11.2. The van der Waals surface area contributed by atoms with Crippen LogP contribution >= 0.6 is 0 Å². The van der Waals surface area contributed by atoms with Crippen molar-refractivity contribution >= 4 is 65.4 Å². The van der Waals surface area contributed by atoms with E-state index in [1.54, 1.807) is 24.8 Å². The average Bonchev–Trinajstić information content (AvgIpc) is 3.75. The molecule has 5 heterocycles. The quantitative estimate of drug-likeness (QED) is 0.211. The van der Waals surface area contributed by atoms with Gasteiger partial charge in [0.25, 0.3) is 0 Å². The van der Waals surface area contributed by atoms with Crippen molar-refractivity contribution in [1.82, 2.24) is 33.6 Å². The van der Waals surface area contributed by atoms with Crippen molar-refractivity contribution in [1.29, 1.82) is 0 Å². The minimum Gasteiger partial charge on any atom is -0.306 e. The highest BCUT2D eigenvalue weighted by molar-refractivity contribution is 6.25. The molecule has 0 spiro atoms. The summed E-state index contributed by atoms with van der Waals surface area (Å²) >= 11 is 0. The third-order valence-electron chi connectivity index (χ3n) is 8.89. The van der Waals surface area contributed by atoms with Crippen LogP contribution in [0.1, 0.15) is 0 Å². The van der Waals surface area contributed by atoms with Gasteiger partial charge in [-0.15, -0.1) is 0 Å². The van der Waals surface area contributed by atoms with Crippen molar-refractivity contribution in [3.8, 4) is 17.6 Å². The molecule has 7 nitrogen and oxygen atoms in total. The van der Waals surface area contributed by atoms with Crippen LogP contribution in [0.3, 0.4) is 0 Å². The maximum atomic E-state index is 4.74. The summed E-state index contributed by atoms with van der Waals surface area (Å²) in [4.78, 5) is 18.8. The number of para-hydroxylation sites is 3. The molecule has 5 aromatic carbocycles. The van der Waals surface area contributed by atoms with Gasteiger partial charge in [-0.2, -0.15) is 0 Å². The number of hydrogen-bond donors (Lipinski definition) is 0. The Morgan fingerprint density at radius 2 is 0.800 bits per heavy atom. The van der Waals surface area contributed by atoms with Crippen LogP contribution in [0, 0.1) is 0 Å². The van der Waals surface area contributed by atoms with Gasteiger partial charge in [0.05, 0.1) is 38.8 Å². The molecule has 0 atom stereocenters. The van der Waals surface area contributed by atoms with Gasteiger partial charge in [-0.1, -0.05) is 72.8 Å². The Morgan fingerprint density at radius 1 is 0.333 bits per heavy atom. The number of rotatable bonds is 3. The molecule has 0 unspecified atom stereocenters. The molecule has 45 heavy (non-hydrogen) atoms. The van der Waals surface area contributed by atoms with Crippen LogP contribution < -0.4 is 0 Å². The van der Waals surface area contributed by atoms with E-state index in [1.807, 2.05) is 12.1 Å². The zero-order valence-corrected chi connectivity index (χ0v) is 23.9. The number of hydrogen-bond acceptors (Lipinski definition) is 4. The van der Waals surface area contributed by atoms with Crippen LogP contribution in [0.25, 0.3) is 83.0 Å². The standard InChI is InChI=1S/C38H23N7/c1-4-13-29-24(10-1)26-18-19-27-25-11-2-5-14-30(25)45(38-41-22-9-23-42-38)36(27)35(26)43(29)32-16-7-17-33-34(32)28-12-3-6-15-31(28)44(33)37-39-20-8-21-40-37/h1-23H. The van der Waals surface area contributed by atoms with Gasteiger partial charge in [-0.3, -0.25) is 9.13 Å². The number of benzene rings is 5. The van der Waals surface area contributed by atoms with Crippen LogP contribution in [-0.2, 0) is 0 Å². The largest absolute Gasteiger partial charge is 0.306 e. The van der Waals surface area contributed by atoms with Crippen molar-refractivity contribution in [3.63, 3.8) is 0 Å². The van der Waals surface area contributed by atoms with Gasteiger partial charge in [0.2, 0.25) is 11.9 Å². The van der Waals surface area contributed by atoms with E-state index in [2.05, 4.69) is 127 Å². The topological polar surface area (TPSA) is 66.3 Å². The summed E-state index contributed by atoms with van der Waals surface area (Å²) in [6.45, 7) is 0. The number of aromatic nitrogens is 7. The molecule has 0 amide bonds. The summed E-state index contributed by atoms with van der Waals surface area (Å²) in [6.07, 6.45) is 7.20. The Bertz CT molecular complexity index is 2750. The molecule has 0 N–H and O–H groups in total. The summed E-state index contributed by atoms with van der Waals surface area (Å²) in [5.74, 6) is 1.29. The smallest absolute Gasteiger partial charge is 0.234 e. The molecule has 5 aromatic heterocycles. The van der Waals surface area contributed by atoms with Crippen LogP contribution in [0.15, 0.2) is 140 Å². The first-order chi connectivity index (χ1) is 22.4. The molecule has 0 aliphatic rings. The summed E-state index contributed by atoms with van der Waals surface area (Å²) in [5.41, 5.74) is 7.57. The molecule has 0 saturated heterocycles. The molecule has 7 heteroatoms. The second kappa shape index (κ2) is 9.08. The highest BCUT2D eigenvalue weighted by atomic mass is 15.2. The first-order valence-corrected chi connectivity index (χ1v) is 14.9. The van der Waals surface area contributed by atoms with Gasteiger partial charge < -0.3 is 4.57 Å². The Labute approximate surface area is 256 Å². The van der Waals surface area contributed by atoms with Gasteiger partial charge in [0, 0.05) is 57.1 Å². The van der Waals surface area contributed by atoms with Gasteiger partial charge >= 0.3 is 0 Å². The molecule has 10 rings (SSSR count). The lowest BCUT2D eigenvalue weighted by Crippen LogP contribution is -2.02. The molecule has 0 fully saturated rings. The third-order valence-corrected chi connectivity index (χ3v) is 8.89. The van der Waals surface area contributed by atoms with E-state index in [-0.39, 0.29) is 0 Å². The van der Waals surface area contributed by atoms with Crippen LogP contribution in [0.5, 0.6) is 0 Å². The monoisotopic (exact) mass is 577 g/mol. The van der Waals surface area contributed by atoms with Gasteiger partial charge in [0.1, 0.15) is 0 Å². The maximum Gasteiger partial charge on any atom is 0.234 e. The number of fused-ring (bicyclic) bond motifs is 10. The zero-order chi connectivity index (χ0) is 29.5. The van der Waals surface area contributed by atoms with Crippen molar-refractivity contribution in [2.75, 3.05) is 0 Å². The Balaban J connectivity index is 1.45. The fourth-order valence-corrected chi connectivity index (χ4v) is 7.17. The SMILES string of the molecule is c1cnc(-n2c3ccccc3c3c(-n4c5ccccc5c5ccc6c7ccccc7n(-c7ncccn7)c6c54)cccc32)nc1. The van der Waals surface area contributed by atoms with E-state index in [0.29, 0.717) is 11.9 Å². The Morgan fingerprint density at radius 3 is 1.42 bits per heavy atom. The summed E-state index contributed by atoms with van der Waals surface area (Å²) in [7, 11) is 0. The van der Waals surface area contributed by atoms with Crippen LogP contribution in [0.4, 0.5) is 0 Å². The fraction of sp³-hybridized carbons (Fsp3) is 0. The van der Waals surface area contributed by atoms with Crippen LogP contribution in [0.2, 0.25) is 0 Å². The van der Waals surface area contributed by atoms with E-state index in [4.69, 9.17) is 9.97 Å². The highest BCUT2D eigenvalue weighted by Gasteiger charge is 2.24. The molecular weight excluding hydrogens is 554 g/mol. The first kappa shape index (κ1) is 24.1. The van der Waals surface area contributed by atoms with E-state index >= 15 is 0 Å². The highest BCUT2D eigenvalue weighted by Crippen LogP contribution is 2.43.